The molecule has 0 spiro atoms. The SMILES string of the molecule is COc1ccc(NC(C)=O)cc1NC(C)C(=O)N1CCC(C)CC1. The third kappa shape index (κ3) is 4.63. The molecule has 0 bridgehead atoms. The highest BCUT2D eigenvalue weighted by Gasteiger charge is 2.25. The van der Waals surface area contributed by atoms with Crippen molar-refractivity contribution in [2.45, 2.75) is 39.7 Å². The van der Waals surface area contributed by atoms with E-state index in [0.29, 0.717) is 23.0 Å². The van der Waals surface area contributed by atoms with E-state index in [1.165, 1.54) is 6.92 Å². The number of nitrogens with zero attached hydrogens (tertiary/aromatic N) is 1. The molecule has 0 aromatic heterocycles. The summed E-state index contributed by atoms with van der Waals surface area (Å²) in [5.41, 5.74) is 1.35. The van der Waals surface area contributed by atoms with E-state index in [4.69, 9.17) is 4.74 Å². The molecule has 132 valence electrons. The summed E-state index contributed by atoms with van der Waals surface area (Å²) in [5, 5.41) is 5.95. The summed E-state index contributed by atoms with van der Waals surface area (Å²) in [6.45, 7) is 7.16. The van der Waals surface area contributed by atoms with Crippen LogP contribution in [0, 0.1) is 5.92 Å². The summed E-state index contributed by atoms with van der Waals surface area (Å²) in [7, 11) is 1.58. The fraction of sp³-hybridized carbons (Fsp3) is 0.556. The average molecular weight is 333 g/mol. The summed E-state index contributed by atoms with van der Waals surface area (Å²) in [6, 6.07) is 4.96. The van der Waals surface area contributed by atoms with E-state index in [1.54, 1.807) is 25.3 Å². The van der Waals surface area contributed by atoms with Crippen molar-refractivity contribution >= 4 is 23.2 Å². The van der Waals surface area contributed by atoms with Gasteiger partial charge in [0.05, 0.1) is 12.8 Å². The van der Waals surface area contributed by atoms with Crippen LogP contribution >= 0.6 is 0 Å². The first-order valence-corrected chi connectivity index (χ1v) is 8.41. The number of ether oxygens (including phenoxy) is 1. The molecule has 1 heterocycles. The lowest BCUT2D eigenvalue weighted by atomic mass is 9.99. The van der Waals surface area contributed by atoms with Gasteiger partial charge in [0.15, 0.2) is 0 Å². The van der Waals surface area contributed by atoms with Crippen LogP contribution in [0.25, 0.3) is 0 Å². The number of carbonyl (C=O) groups is 2. The molecular formula is C18H27N3O3. The summed E-state index contributed by atoms with van der Waals surface area (Å²) in [5.74, 6) is 1.27. The van der Waals surface area contributed by atoms with Crippen molar-refractivity contribution in [2.75, 3.05) is 30.8 Å². The Kier molecular flexibility index (Phi) is 6.06. The maximum Gasteiger partial charge on any atom is 0.244 e. The van der Waals surface area contributed by atoms with Gasteiger partial charge in [-0.2, -0.15) is 0 Å². The lowest BCUT2D eigenvalue weighted by Crippen LogP contribution is -2.45. The fourth-order valence-electron chi connectivity index (χ4n) is 2.90. The highest BCUT2D eigenvalue weighted by Crippen LogP contribution is 2.29. The maximum atomic E-state index is 12.6. The molecule has 0 aliphatic carbocycles. The Bertz CT molecular complexity index is 595. The Morgan fingerprint density at radius 1 is 1.29 bits per heavy atom. The highest BCUT2D eigenvalue weighted by molar-refractivity contribution is 5.90. The van der Waals surface area contributed by atoms with E-state index in [9.17, 15) is 9.59 Å². The van der Waals surface area contributed by atoms with Gasteiger partial charge in [-0.1, -0.05) is 6.92 Å². The standard InChI is InChI=1S/C18H27N3O3/c1-12-7-9-21(10-8-12)18(23)13(2)19-16-11-15(20-14(3)22)5-6-17(16)24-4/h5-6,11-13,19H,7-10H2,1-4H3,(H,20,22). The van der Waals surface area contributed by atoms with Gasteiger partial charge in [-0.15, -0.1) is 0 Å². The van der Waals surface area contributed by atoms with Crippen molar-refractivity contribution < 1.29 is 14.3 Å². The molecule has 1 atom stereocenters. The number of hydrogen-bond donors (Lipinski definition) is 2. The molecule has 1 aromatic rings. The minimum Gasteiger partial charge on any atom is -0.495 e. The van der Waals surface area contributed by atoms with Crippen LogP contribution < -0.4 is 15.4 Å². The Balaban J connectivity index is 2.07. The zero-order valence-electron chi connectivity index (χ0n) is 14.9. The van der Waals surface area contributed by atoms with Crippen LogP contribution in [0.3, 0.4) is 0 Å². The number of piperidine rings is 1. The summed E-state index contributed by atoms with van der Waals surface area (Å²) < 4.78 is 5.35. The molecule has 1 aromatic carbocycles. The van der Waals surface area contributed by atoms with Gasteiger partial charge in [-0.05, 0) is 43.9 Å². The van der Waals surface area contributed by atoms with Gasteiger partial charge < -0.3 is 20.3 Å². The fourth-order valence-corrected chi connectivity index (χ4v) is 2.90. The topological polar surface area (TPSA) is 70.7 Å². The number of amides is 2. The lowest BCUT2D eigenvalue weighted by Gasteiger charge is -2.32. The Morgan fingerprint density at radius 2 is 1.96 bits per heavy atom. The Hall–Kier alpha value is -2.24. The van der Waals surface area contributed by atoms with Crippen LogP contribution in [-0.4, -0.2) is 43.0 Å². The second-order valence-electron chi connectivity index (χ2n) is 6.47. The number of rotatable bonds is 5. The van der Waals surface area contributed by atoms with Gasteiger partial charge in [0.2, 0.25) is 11.8 Å². The first-order valence-electron chi connectivity index (χ1n) is 8.41. The molecule has 2 amide bonds. The molecule has 2 N–H and O–H groups in total. The largest absolute Gasteiger partial charge is 0.495 e. The number of nitrogens with one attached hydrogen (secondary N) is 2. The molecule has 1 aliphatic heterocycles. The minimum absolute atomic E-state index is 0.0916. The van der Waals surface area contributed by atoms with Gasteiger partial charge in [-0.25, -0.2) is 0 Å². The molecule has 1 unspecified atom stereocenters. The second kappa shape index (κ2) is 8.04. The van der Waals surface area contributed by atoms with Gasteiger partial charge in [-0.3, -0.25) is 9.59 Å². The zero-order chi connectivity index (χ0) is 17.7. The number of anilines is 2. The Morgan fingerprint density at radius 3 is 2.54 bits per heavy atom. The Labute approximate surface area is 143 Å². The van der Waals surface area contributed by atoms with Crippen molar-refractivity contribution in [3.05, 3.63) is 18.2 Å². The number of benzene rings is 1. The van der Waals surface area contributed by atoms with Crippen LogP contribution in [0.1, 0.15) is 33.6 Å². The number of carbonyl (C=O) groups excluding carboxylic acids is 2. The van der Waals surface area contributed by atoms with Crippen LogP contribution in [-0.2, 0) is 9.59 Å². The van der Waals surface area contributed by atoms with E-state index in [1.807, 2.05) is 11.8 Å². The zero-order valence-corrected chi connectivity index (χ0v) is 14.9. The number of methoxy groups -OCH3 is 1. The highest BCUT2D eigenvalue weighted by atomic mass is 16.5. The van der Waals surface area contributed by atoms with Crippen LogP contribution in [0.4, 0.5) is 11.4 Å². The molecule has 1 aliphatic rings. The molecule has 1 saturated heterocycles. The molecule has 6 heteroatoms. The van der Waals surface area contributed by atoms with Crippen LogP contribution in [0.15, 0.2) is 18.2 Å². The molecule has 0 saturated carbocycles. The number of hydrogen-bond acceptors (Lipinski definition) is 4. The van der Waals surface area contributed by atoms with Crippen LogP contribution in [0.2, 0.25) is 0 Å². The summed E-state index contributed by atoms with van der Waals surface area (Å²) in [4.78, 5) is 25.8. The van der Waals surface area contributed by atoms with Gasteiger partial charge >= 0.3 is 0 Å². The van der Waals surface area contributed by atoms with Crippen molar-refractivity contribution in [3.8, 4) is 5.75 Å². The molecule has 24 heavy (non-hydrogen) atoms. The third-order valence-electron chi connectivity index (χ3n) is 4.36. The third-order valence-corrected chi connectivity index (χ3v) is 4.36. The average Bonchev–Trinajstić information content (AvgIpc) is 2.54. The van der Waals surface area contributed by atoms with E-state index in [-0.39, 0.29) is 17.9 Å². The van der Waals surface area contributed by atoms with E-state index in [0.717, 1.165) is 25.9 Å². The quantitative estimate of drug-likeness (QED) is 0.869. The molecule has 2 rings (SSSR count). The lowest BCUT2D eigenvalue weighted by molar-refractivity contribution is -0.133. The van der Waals surface area contributed by atoms with Gasteiger partial charge in [0, 0.05) is 25.7 Å². The second-order valence-corrected chi connectivity index (χ2v) is 6.47. The van der Waals surface area contributed by atoms with Crippen LogP contribution in [0.5, 0.6) is 5.75 Å². The summed E-state index contributed by atoms with van der Waals surface area (Å²) in [6.07, 6.45) is 2.11. The first kappa shape index (κ1) is 18.1. The van der Waals surface area contributed by atoms with Crippen molar-refractivity contribution in [3.63, 3.8) is 0 Å². The van der Waals surface area contributed by atoms with Crippen molar-refractivity contribution in [1.29, 1.82) is 0 Å². The molecule has 6 nitrogen and oxygen atoms in total. The molecular weight excluding hydrogens is 306 g/mol. The summed E-state index contributed by atoms with van der Waals surface area (Å²) >= 11 is 0. The molecule has 0 radical (unpaired) electrons. The smallest absolute Gasteiger partial charge is 0.244 e. The van der Waals surface area contributed by atoms with E-state index >= 15 is 0 Å². The van der Waals surface area contributed by atoms with E-state index < -0.39 is 0 Å². The predicted octanol–water partition coefficient (Wildman–Crippen LogP) is 2.71. The van der Waals surface area contributed by atoms with Gasteiger partial charge in [0.1, 0.15) is 11.8 Å². The van der Waals surface area contributed by atoms with Crippen molar-refractivity contribution in [1.82, 2.24) is 4.90 Å². The molecule has 1 fully saturated rings. The number of likely N-dealkylation sites (tertiary alicyclic amines) is 1. The maximum absolute atomic E-state index is 12.6. The first-order chi connectivity index (χ1) is 11.4. The predicted molar refractivity (Wildman–Crippen MR) is 95.4 cm³/mol. The van der Waals surface area contributed by atoms with E-state index in [2.05, 4.69) is 17.6 Å². The van der Waals surface area contributed by atoms with Crippen molar-refractivity contribution in [2.24, 2.45) is 5.92 Å². The minimum atomic E-state index is -0.361. The monoisotopic (exact) mass is 333 g/mol. The normalized spacial score (nSPS) is 16.4. The van der Waals surface area contributed by atoms with Gasteiger partial charge in [0.25, 0.3) is 0 Å².